The van der Waals surface area contributed by atoms with Crippen molar-refractivity contribution in [3.05, 3.63) is 59.9 Å². The maximum absolute atomic E-state index is 13.2. The molecule has 2 aromatic carbocycles. The Balaban J connectivity index is 1.41. The van der Waals surface area contributed by atoms with E-state index < -0.39 is 40.7 Å². The van der Waals surface area contributed by atoms with E-state index in [4.69, 9.17) is 14.6 Å². The van der Waals surface area contributed by atoms with Gasteiger partial charge in [-0.05, 0) is 41.8 Å². The molecule has 4 N–H and O–H groups in total. The third kappa shape index (κ3) is 7.77. The molecular weight excluding hydrogens is 591 g/mol. The van der Waals surface area contributed by atoms with E-state index in [2.05, 4.69) is 20.6 Å². The minimum Gasteiger partial charge on any atom is -0.491 e. The number of hydrogen-bond donors (Lipinski definition) is 3. The molecule has 2 heterocycles. The van der Waals surface area contributed by atoms with Crippen molar-refractivity contribution in [1.29, 1.82) is 0 Å². The summed E-state index contributed by atoms with van der Waals surface area (Å²) in [5.74, 6) is -1.11. The fourth-order valence-electron chi connectivity index (χ4n) is 4.07. The summed E-state index contributed by atoms with van der Waals surface area (Å²) in [6.45, 7) is 2.90. The number of carbonyl (C=O) groups excluding carboxylic acids is 1. The van der Waals surface area contributed by atoms with Crippen LogP contribution in [0, 0.1) is 5.92 Å². The molecule has 0 saturated carbocycles. The van der Waals surface area contributed by atoms with E-state index in [0.717, 1.165) is 11.3 Å². The minimum atomic E-state index is -3.92. The maximum atomic E-state index is 13.2. The summed E-state index contributed by atoms with van der Waals surface area (Å²) in [5.41, 5.74) is 1.52. The number of ether oxygens (including phenoxy) is 2. The molecule has 13 nitrogen and oxygen atoms in total. The average molecular weight is 621 g/mol. The zero-order valence-corrected chi connectivity index (χ0v) is 24.3. The molecule has 42 heavy (non-hydrogen) atoms. The number of thiazole rings is 1. The highest BCUT2D eigenvalue weighted by Crippen LogP contribution is 2.28. The standard InChI is InChI=1S/C26H29FN6O7S2/c1-15(2)23(24(34)29-21(25(35)36)11-16-3-5-18(6-4-16)39-10-9-27)33-13-17(31-32-33)14-40-19-7-8-20-22(12-19)41-26(30-20)42(28,37)38/h3-8,12-13,15,21,23H,9-11,14H2,1-2H3,(H,29,34)(H,35,36)(H2,28,37,38)/t21-,23-/m0/s1. The number of nitrogens with one attached hydrogen (secondary N) is 1. The highest BCUT2D eigenvalue weighted by atomic mass is 32.2. The molecule has 0 aliphatic heterocycles. The minimum absolute atomic E-state index is 0.00157. The van der Waals surface area contributed by atoms with E-state index in [0.29, 0.717) is 33.0 Å². The topological polar surface area (TPSA) is 189 Å². The van der Waals surface area contributed by atoms with Crippen molar-refractivity contribution in [2.75, 3.05) is 13.3 Å². The quantitative estimate of drug-likeness (QED) is 0.189. The fraction of sp³-hybridized carbons (Fsp3) is 0.346. The van der Waals surface area contributed by atoms with Crippen LogP contribution in [0.25, 0.3) is 10.2 Å². The molecule has 0 fully saturated rings. The fourth-order valence-corrected chi connectivity index (χ4v) is 5.75. The summed E-state index contributed by atoms with van der Waals surface area (Å²) < 4.78 is 48.2. The number of carboxylic acid groups (broad SMARTS) is 1. The van der Waals surface area contributed by atoms with Gasteiger partial charge in [-0.2, -0.15) is 0 Å². The molecule has 0 saturated heterocycles. The number of carboxylic acids is 1. The van der Waals surface area contributed by atoms with Crippen molar-refractivity contribution >= 4 is 43.5 Å². The zero-order chi connectivity index (χ0) is 30.4. The van der Waals surface area contributed by atoms with E-state index in [1.165, 1.54) is 4.68 Å². The molecule has 4 rings (SSSR count). The van der Waals surface area contributed by atoms with Gasteiger partial charge in [0.05, 0.1) is 16.4 Å². The van der Waals surface area contributed by atoms with E-state index in [1.807, 2.05) is 0 Å². The Morgan fingerprint density at radius 1 is 1.14 bits per heavy atom. The van der Waals surface area contributed by atoms with Gasteiger partial charge in [0, 0.05) is 6.42 Å². The van der Waals surface area contributed by atoms with Gasteiger partial charge in [-0.3, -0.25) is 4.79 Å². The van der Waals surface area contributed by atoms with Crippen LogP contribution in [0.4, 0.5) is 4.39 Å². The van der Waals surface area contributed by atoms with Crippen LogP contribution in [-0.4, -0.2) is 64.7 Å². The largest absolute Gasteiger partial charge is 0.491 e. The number of primary sulfonamides is 1. The summed E-state index contributed by atoms with van der Waals surface area (Å²) in [5, 5.41) is 25.7. The first-order valence-corrected chi connectivity index (χ1v) is 15.1. The van der Waals surface area contributed by atoms with Crippen molar-refractivity contribution in [2.45, 2.75) is 43.3 Å². The van der Waals surface area contributed by atoms with Crippen LogP contribution in [0.1, 0.15) is 31.1 Å². The number of sulfonamides is 1. The van der Waals surface area contributed by atoms with Crippen LogP contribution in [0.3, 0.4) is 0 Å². The predicted molar refractivity (Wildman–Crippen MR) is 150 cm³/mol. The monoisotopic (exact) mass is 620 g/mol. The normalized spacial score (nSPS) is 13.2. The third-order valence-electron chi connectivity index (χ3n) is 6.04. The van der Waals surface area contributed by atoms with Gasteiger partial charge >= 0.3 is 5.97 Å². The first-order valence-electron chi connectivity index (χ1n) is 12.7. The van der Waals surface area contributed by atoms with Crippen LogP contribution < -0.4 is 19.9 Å². The van der Waals surface area contributed by atoms with Gasteiger partial charge in [0.2, 0.25) is 10.2 Å². The van der Waals surface area contributed by atoms with E-state index in [9.17, 15) is 27.5 Å². The Hall–Kier alpha value is -4.15. The number of nitrogens with two attached hydrogens (primary N) is 1. The van der Waals surface area contributed by atoms with E-state index in [1.54, 1.807) is 62.5 Å². The molecule has 2 atom stereocenters. The molecular formula is C26H29FN6O7S2. The summed E-state index contributed by atoms with van der Waals surface area (Å²) >= 11 is 0.924. The van der Waals surface area contributed by atoms with Gasteiger partial charge in [0.1, 0.15) is 49.2 Å². The summed E-state index contributed by atoms with van der Waals surface area (Å²) in [6, 6.07) is 9.34. The number of hydrogen-bond acceptors (Lipinski definition) is 10. The first kappa shape index (κ1) is 30.8. The number of carbonyl (C=O) groups is 2. The van der Waals surface area contributed by atoms with Crippen molar-refractivity contribution in [1.82, 2.24) is 25.3 Å². The van der Waals surface area contributed by atoms with Crippen molar-refractivity contribution in [3.63, 3.8) is 0 Å². The lowest BCUT2D eigenvalue weighted by molar-refractivity contribution is -0.142. The number of aromatic nitrogens is 4. The molecule has 4 aromatic rings. The van der Waals surface area contributed by atoms with Crippen LogP contribution in [0.5, 0.6) is 11.5 Å². The number of alkyl halides is 1. The van der Waals surface area contributed by atoms with Crippen LogP contribution in [0.15, 0.2) is 53.0 Å². The van der Waals surface area contributed by atoms with Crippen molar-refractivity contribution in [2.24, 2.45) is 11.1 Å². The van der Waals surface area contributed by atoms with E-state index >= 15 is 0 Å². The predicted octanol–water partition coefficient (Wildman–Crippen LogP) is 2.47. The molecule has 0 aliphatic rings. The summed E-state index contributed by atoms with van der Waals surface area (Å²) in [6.07, 6.45) is 1.56. The Morgan fingerprint density at radius 3 is 2.50 bits per heavy atom. The summed E-state index contributed by atoms with van der Waals surface area (Å²) in [7, 11) is -3.92. The Morgan fingerprint density at radius 2 is 1.86 bits per heavy atom. The SMILES string of the molecule is CC(C)[C@@H](C(=O)N[C@@H](Cc1ccc(OCCF)cc1)C(=O)O)n1cc(COc2ccc3nc(S(N)(=O)=O)sc3c2)nn1. The van der Waals surface area contributed by atoms with E-state index in [-0.39, 0.29) is 29.9 Å². The third-order valence-corrected chi connectivity index (χ3v) is 8.37. The molecule has 224 valence electrons. The number of rotatable bonds is 14. The van der Waals surface area contributed by atoms with Crippen LogP contribution >= 0.6 is 11.3 Å². The lowest BCUT2D eigenvalue weighted by Gasteiger charge is -2.23. The van der Waals surface area contributed by atoms with Crippen LogP contribution in [-0.2, 0) is 32.6 Å². The van der Waals surface area contributed by atoms with Gasteiger partial charge in [-0.1, -0.05) is 31.2 Å². The Kier molecular flexibility index (Phi) is 9.70. The second-order valence-electron chi connectivity index (χ2n) is 9.61. The second kappa shape index (κ2) is 13.2. The van der Waals surface area contributed by atoms with Gasteiger partial charge in [-0.25, -0.2) is 32.4 Å². The Labute approximate surface area is 244 Å². The summed E-state index contributed by atoms with van der Waals surface area (Å²) in [4.78, 5) is 29.2. The van der Waals surface area contributed by atoms with Crippen molar-refractivity contribution in [3.8, 4) is 11.5 Å². The average Bonchev–Trinajstić information content (AvgIpc) is 3.58. The van der Waals surface area contributed by atoms with Gasteiger partial charge < -0.3 is 19.9 Å². The number of nitrogens with zero attached hydrogens (tertiary/aromatic N) is 4. The molecule has 1 amide bonds. The van der Waals surface area contributed by atoms with Gasteiger partial charge in [0.25, 0.3) is 10.0 Å². The molecule has 0 spiro atoms. The molecule has 0 radical (unpaired) electrons. The smallest absolute Gasteiger partial charge is 0.326 e. The van der Waals surface area contributed by atoms with Gasteiger partial charge in [-0.15, -0.1) is 16.4 Å². The Bertz CT molecular complexity index is 1660. The lowest BCUT2D eigenvalue weighted by atomic mass is 10.0. The highest BCUT2D eigenvalue weighted by molar-refractivity contribution is 7.91. The molecule has 0 bridgehead atoms. The first-order chi connectivity index (χ1) is 19.9. The molecule has 0 unspecified atom stereocenters. The van der Waals surface area contributed by atoms with Crippen LogP contribution in [0.2, 0.25) is 0 Å². The molecule has 16 heteroatoms. The number of fused-ring (bicyclic) bond motifs is 1. The lowest BCUT2D eigenvalue weighted by Crippen LogP contribution is -2.46. The number of halogens is 1. The van der Waals surface area contributed by atoms with Gasteiger partial charge in [0.15, 0.2) is 0 Å². The zero-order valence-electron chi connectivity index (χ0n) is 22.6. The van der Waals surface area contributed by atoms with Crippen molar-refractivity contribution < 1.29 is 37.0 Å². The number of amides is 1. The second-order valence-corrected chi connectivity index (χ2v) is 12.4. The highest BCUT2D eigenvalue weighted by Gasteiger charge is 2.30. The number of benzene rings is 2. The maximum Gasteiger partial charge on any atom is 0.326 e. The molecule has 0 aliphatic carbocycles. The molecule has 2 aromatic heterocycles. The number of aliphatic carboxylic acids is 1.